The van der Waals surface area contributed by atoms with Gasteiger partial charge in [-0.2, -0.15) is 13.2 Å². The van der Waals surface area contributed by atoms with E-state index in [0.29, 0.717) is 0 Å². The fourth-order valence-corrected chi connectivity index (χ4v) is 2.21. The van der Waals surface area contributed by atoms with Crippen molar-refractivity contribution >= 4 is 23.3 Å². The van der Waals surface area contributed by atoms with Gasteiger partial charge in [-0.05, 0) is 27.2 Å². The molecule has 0 aromatic carbocycles. The van der Waals surface area contributed by atoms with E-state index < -0.39 is 52.6 Å². The third-order valence-electron chi connectivity index (χ3n) is 2.64. The Labute approximate surface area is 130 Å². The molecule has 0 fully saturated rings. The van der Waals surface area contributed by atoms with E-state index in [1.165, 1.54) is 20.8 Å². The SMILES string of the molecule is COC(=O)C(C[C@H](N[S@+]([O-])C(C)(C)C)C(F)(F)F)C(=O)OC. The minimum atomic E-state index is -4.80. The predicted molar refractivity (Wildman–Crippen MR) is 73.0 cm³/mol. The molecule has 0 aromatic heterocycles. The van der Waals surface area contributed by atoms with Crippen LogP contribution in [0.15, 0.2) is 0 Å². The summed E-state index contributed by atoms with van der Waals surface area (Å²) in [5.74, 6) is -4.06. The quantitative estimate of drug-likeness (QED) is 0.443. The first-order chi connectivity index (χ1) is 9.84. The number of alkyl halides is 3. The number of methoxy groups -OCH3 is 2. The zero-order chi connectivity index (χ0) is 17.7. The second-order valence-corrected chi connectivity index (χ2v) is 7.43. The molecule has 1 N–H and O–H groups in total. The third-order valence-corrected chi connectivity index (χ3v) is 4.25. The van der Waals surface area contributed by atoms with Gasteiger partial charge in [-0.15, -0.1) is 4.72 Å². The van der Waals surface area contributed by atoms with Gasteiger partial charge < -0.3 is 14.0 Å². The molecule has 0 aliphatic heterocycles. The molecule has 2 atom stereocenters. The Kier molecular flexibility index (Phi) is 7.66. The molecule has 130 valence electrons. The summed E-state index contributed by atoms with van der Waals surface area (Å²) >= 11 is -2.03. The van der Waals surface area contributed by atoms with Crippen LogP contribution in [-0.2, 0) is 30.4 Å². The highest BCUT2D eigenvalue weighted by atomic mass is 32.2. The van der Waals surface area contributed by atoms with Gasteiger partial charge in [0.05, 0.1) is 14.2 Å². The molecule has 0 rings (SSSR count). The average Bonchev–Trinajstić information content (AvgIpc) is 2.38. The van der Waals surface area contributed by atoms with E-state index in [4.69, 9.17) is 0 Å². The van der Waals surface area contributed by atoms with Crippen LogP contribution in [0.2, 0.25) is 0 Å². The van der Waals surface area contributed by atoms with E-state index in [2.05, 4.69) is 9.47 Å². The second-order valence-electron chi connectivity index (χ2n) is 5.43. The first-order valence-corrected chi connectivity index (χ1v) is 7.40. The van der Waals surface area contributed by atoms with Gasteiger partial charge in [0, 0.05) is 11.4 Å². The van der Waals surface area contributed by atoms with Gasteiger partial charge >= 0.3 is 18.1 Å². The Balaban J connectivity index is 5.27. The van der Waals surface area contributed by atoms with Gasteiger partial charge in [0.15, 0.2) is 5.92 Å². The average molecular weight is 347 g/mol. The standard InChI is InChI=1S/C12H20F3NO5S/c1-11(2,3)22(19)16-8(12(13,14)15)6-7(9(17)20-4)10(18)21-5/h7-8,16H,6H2,1-5H3/t8-,22+/m0/s1. The summed E-state index contributed by atoms with van der Waals surface area (Å²) in [5, 5.41) is 0. The van der Waals surface area contributed by atoms with Crippen LogP contribution >= 0.6 is 0 Å². The lowest BCUT2D eigenvalue weighted by molar-refractivity contribution is -0.169. The Morgan fingerprint density at radius 2 is 1.55 bits per heavy atom. The van der Waals surface area contributed by atoms with E-state index in [0.717, 1.165) is 14.2 Å². The summed E-state index contributed by atoms with van der Waals surface area (Å²) in [6.07, 6.45) is -5.77. The highest BCUT2D eigenvalue weighted by Gasteiger charge is 2.48. The Hall–Kier alpha value is -1.00. The van der Waals surface area contributed by atoms with Crippen molar-refractivity contribution in [2.24, 2.45) is 5.92 Å². The molecule has 22 heavy (non-hydrogen) atoms. The van der Waals surface area contributed by atoms with Crippen molar-refractivity contribution in [3.63, 3.8) is 0 Å². The smallest absolute Gasteiger partial charge is 0.408 e. The lowest BCUT2D eigenvalue weighted by atomic mass is 10.0. The molecule has 0 bridgehead atoms. The van der Waals surface area contributed by atoms with Gasteiger partial charge in [0.2, 0.25) is 0 Å². The van der Waals surface area contributed by atoms with Crippen LogP contribution in [0, 0.1) is 5.92 Å². The van der Waals surface area contributed by atoms with E-state index in [1.807, 2.05) is 4.72 Å². The number of hydrogen-bond donors (Lipinski definition) is 1. The monoisotopic (exact) mass is 347 g/mol. The van der Waals surface area contributed by atoms with Crippen molar-refractivity contribution in [3.05, 3.63) is 0 Å². The number of nitrogens with one attached hydrogen (secondary N) is 1. The van der Waals surface area contributed by atoms with Crippen molar-refractivity contribution in [2.75, 3.05) is 14.2 Å². The summed E-state index contributed by atoms with van der Waals surface area (Å²) in [6.45, 7) is 4.46. The van der Waals surface area contributed by atoms with Crippen molar-refractivity contribution in [2.45, 2.75) is 44.2 Å². The van der Waals surface area contributed by atoms with Crippen LogP contribution < -0.4 is 4.72 Å². The fourth-order valence-electron chi connectivity index (χ4n) is 1.36. The van der Waals surface area contributed by atoms with Crippen LogP contribution in [0.25, 0.3) is 0 Å². The Morgan fingerprint density at radius 1 is 1.14 bits per heavy atom. The van der Waals surface area contributed by atoms with Gasteiger partial charge in [0.25, 0.3) is 0 Å². The number of ether oxygens (including phenoxy) is 2. The van der Waals surface area contributed by atoms with Gasteiger partial charge in [-0.1, -0.05) is 0 Å². The van der Waals surface area contributed by atoms with Crippen LogP contribution in [0.5, 0.6) is 0 Å². The molecule has 0 heterocycles. The number of hydrogen-bond acceptors (Lipinski definition) is 6. The minimum absolute atomic E-state index is 0.946. The maximum absolute atomic E-state index is 13.1. The van der Waals surface area contributed by atoms with Crippen molar-refractivity contribution < 1.29 is 36.8 Å². The zero-order valence-electron chi connectivity index (χ0n) is 12.9. The molecule has 6 nitrogen and oxygen atoms in total. The summed E-state index contributed by atoms with van der Waals surface area (Å²) < 4.78 is 60.6. The molecular weight excluding hydrogens is 327 g/mol. The van der Waals surface area contributed by atoms with E-state index in [-0.39, 0.29) is 0 Å². The summed E-state index contributed by atoms with van der Waals surface area (Å²) in [5.41, 5.74) is 0. The number of carbonyl (C=O) groups is 2. The molecule has 0 radical (unpaired) electrons. The molecule has 0 spiro atoms. The van der Waals surface area contributed by atoms with Crippen LogP contribution in [0.4, 0.5) is 13.2 Å². The molecule has 0 unspecified atom stereocenters. The molecular formula is C12H20F3NO5S. The lowest BCUT2D eigenvalue weighted by Crippen LogP contribution is -2.52. The van der Waals surface area contributed by atoms with E-state index in [9.17, 15) is 27.3 Å². The maximum atomic E-state index is 13.1. The van der Waals surface area contributed by atoms with E-state index >= 15 is 0 Å². The highest BCUT2D eigenvalue weighted by molar-refractivity contribution is 7.90. The van der Waals surface area contributed by atoms with Crippen LogP contribution in [0.3, 0.4) is 0 Å². The Morgan fingerprint density at radius 3 is 1.82 bits per heavy atom. The first-order valence-electron chi connectivity index (χ1n) is 6.25. The molecule has 0 amide bonds. The summed E-state index contributed by atoms with van der Waals surface area (Å²) in [4.78, 5) is 22.9. The topological polar surface area (TPSA) is 87.7 Å². The molecule has 0 aliphatic rings. The fraction of sp³-hybridized carbons (Fsp3) is 0.833. The highest BCUT2D eigenvalue weighted by Crippen LogP contribution is 2.28. The summed E-state index contributed by atoms with van der Waals surface area (Å²) in [7, 11) is 1.89. The minimum Gasteiger partial charge on any atom is -0.598 e. The predicted octanol–water partition coefficient (Wildman–Crippen LogP) is 1.32. The van der Waals surface area contributed by atoms with Gasteiger partial charge in [-0.25, -0.2) is 0 Å². The lowest BCUT2D eigenvalue weighted by Gasteiger charge is -2.29. The van der Waals surface area contributed by atoms with Crippen molar-refractivity contribution in [1.82, 2.24) is 4.72 Å². The zero-order valence-corrected chi connectivity index (χ0v) is 13.8. The Bertz CT molecular complexity index is 381. The van der Waals surface area contributed by atoms with Crippen molar-refractivity contribution in [1.29, 1.82) is 0 Å². The molecule has 0 aliphatic carbocycles. The molecule has 10 heteroatoms. The second kappa shape index (κ2) is 8.02. The summed E-state index contributed by atoms with van der Waals surface area (Å²) in [6, 6.07) is -2.32. The van der Waals surface area contributed by atoms with E-state index in [1.54, 1.807) is 0 Å². The largest absolute Gasteiger partial charge is 0.598 e. The number of halogens is 3. The number of esters is 2. The molecule has 0 saturated carbocycles. The van der Waals surface area contributed by atoms with Crippen molar-refractivity contribution in [3.8, 4) is 0 Å². The van der Waals surface area contributed by atoms with Crippen LogP contribution in [0.1, 0.15) is 27.2 Å². The molecule has 0 saturated heterocycles. The van der Waals surface area contributed by atoms with Gasteiger partial charge in [0.1, 0.15) is 10.8 Å². The molecule has 0 aromatic rings. The van der Waals surface area contributed by atoms with Crippen LogP contribution in [-0.4, -0.2) is 47.7 Å². The van der Waals surface area contributed by atoms with Gasteiger partial charge in [-0.3, -0.25) is 9.59 Å². The third kappa shape index (κ3) is 6.41. The first kappa shape index (κ1) is 21.0. The normalized spacial score (nSPS) is 15.4. The number of carbonyl (C=O) groups excluding carboxylic acids is 2. The number of rotatable bonds is 6. The maximum Gasteiger partial charge on any atom is 0.408 e.